The molecule has 1 amide bonds. The van der Waals surface area contributed by atoms with E-state index in [1.807, 2.05) is 19.2 Å². The Labute approximate surface area is 118 Å². The largest absolute Gasteiger partial charge is 0.347 e. The highest BCUT2D eigenvalue weighted by molar-refractivity contribution is 5.82. The number of hydrogen-bond acceptors (Lipinski definition) is 3. The smallest absolute Gasteiger partial charge is 0.240 e. The van der Waals surface area contributed by atoms with Crippen LogP contribution in [0.3, 0.4) is 0 Å². The molecule has 1 atom stereocenters. The third-order valence-corrected chi connectivity index (χ3v) is 3.70. The molecule has 1 aromatic heterocycles. The van der Waals surface area contributed by atoms with E-state index in [4.69, 9.17) is 0 Å². The molecule has 3 rings (SSSR count). The third-order valence-electron chi connectivity index (χ3n) is 3.70. The standard InChI is InChI=1S/C15H18N4O/c1-19(10-14-16-6-7-17-14)15(20)13-8-11-4-2-3-5-12(11)9-18-13/h2-7,13,18H,8-10H2,1H3,(H,16,17)/t13-/m0/s1. The highest BCUT2D eigenvalue weighted by Crippen LogP contribution is 2.17. The summed E-state index contributed by atoms with van der Waals surface area (Å²) in [4.78, 5) is 21.3. The van der Waals surface area contributed by atoms with Crippen LogP contribution in [0.25, 0.3) is 0 Å². The van der Waals surface area contributed by atoms with Gasteiger partial charge in [0.2, 0.25) is 5.91 Å². The summed E-state index contributed by atoms with van der Waals surface area (Å²) >= 11 is 0. The number of aromatic amines is 1. The molecule has 104 valence electrons. The molecule has 0 fully saturated rings. The van der Waals surface area contributed by atoms with E-state index in [0.717, 1.165) is 18.8 Å². The fraction of sp³-hybridized carbons (Fsp3) is 0.333. The van der Waals surface area contributed by atoms with Crippen molar-refractivity contribution < 1.29 is 4.79 Å². The molecule has 0 saturated heterocycles. The van der Waals surface area contributed by atoms with Gasteiger partial charge in [0.25, 0.3) is 0 Å². The molecule has 2 heterocycles. The average molecular weight is 270 g/mol. The van der Waals surface area contributed by atoms with E-state index in [9.17, 15) is 4.79 Å². The van der Waals surface area contributed by atoms with Crippen LogP contribution in [0.1, 0.15) is 17.0 Å². The molecule has 0 spiro atoms. The van der Waals surface area contributed by atoms with E-state index in [0.29, 0.717) is 6.54 Å². The van der Waals surface area contributed by atoms with Crippen molar-refractivity contribution >= 4 is 5.91 Å². The second kappa shape index (κ2) is 5.46. The molecule has 0 radical (unpaired) electrons. The second-order valence-corrected chi connectivity index (χ2v) is 5.14. The van der Waals surface area contributed by atoms with E-state index < -0.39 is 0 Å². The van der Waals surface area contributed by atoms with Crippen molar-refractivity contribution in [1.29, 1.82) is 0 Å². The summed E-state index contributed by atoms with van der Waals surface area (Å²) in [5, 5.41) is 3.31. The van der Waals surface area contributed by atoms with E-state index in [-0.39, 0.29) is 11.9 Å². The summed E-state index contributed by atoms with van der Waals surface area (Å²) in [5.41, 5.74) is 2.54. The highest BCUT2D eigenvalue weighted by Gasteiger charge is 2.26. The van der Waals surface area contributed by atoms with Crippen molar-refractivity contribution in [1.82, 2.24) is 20.2 Å². The van der Waals surface area contributed by atoms with Crippen LogP contribution in [0.2, 0.25) is 0 Å². The summed E-state index contributed by atoms with van der Waals surface area (Å²) in [7, 11) is 1.81. The number of aromatic nitrogens is 2. The van der Waals surface area contributed by atoms with E-state index >= 15 is 0 Å². The number of amides is 1. The van der Waals surface area contributed by atoms with E-state index in [2.05, 4.69) is 27.4 Å². The van der Waals surface area contributed by atoms with Gasteiger partial charge in [-0.05, 0) is 17.5 Å². The van der Waals surface area contributed by atoms with Gasteiger partial charge >= 0.3 is 0 Å². The van der Waals surface area contributed by atoms with Crippen LogP contribution in [0.15, 0.2) is 36.7 Å². The van der Waals surface area contributed by atoms with Crippen molar-refractivity contribution in [2.75, 3.05) is 7.05 Å². The minimum atomic E-state index is -0.148. The Kier molecular flexibility index (Phi) is 3.52. The minimum Gasteiger partial charge on any atom is -0.347 e. The van der Waals surface area contributed by atoms with Gasteiger partial charge in [-0.2, -0.15) is 0 Å². The maximum Gasteiger partial charge on any atom is 0.240 e. The van der Waals surface area contributed by atoms with Crippen LogP contribution in [0.4, 0.5) is 0 Å². The van der Waals surface area contributed by atoms with Crippen LogP contribution in [-0.2, 0) is 24.3 Å². The van der Waals surface area contributed by atoms with E-state index in [1.54, 1.807) is 17.3 Å². The lowest BCUT2D eigenvalue weighted by atomic mass is 9.95. The summed E-state index contributed by atoms with van der Waals surface area (Å²) in [5.74, 6) is 0.910. The fourth-order valence-electron chi connectivity index (χ4n) is 2.58. The topological polar surface area (TPSA) is 61.0 Å². The molecule has 0 aliphatic carbocycles. The number of benzene rings is 1. The van der Waals surface area contributed by atoms with Gasteiger partial charge in [0.05, 0.1) is 12.6 Å². The minimum absolute atomic E-state index is 0.107. The SMILES string of the molecule is CN(Cc1ncc[nH]1)C(=O)[C@@H]1Cc2ccccc2CN1. The monoisotopic (exact) mass is 270 g/mol. The van der Waals surface area contributed by atoms with Crippen LogP contribution >= 0.6 is 0 Å². The zero-order chi connectivity index (χ0) is 13.9. The molecule has 1 aliphatic rings. The number of nitrogens with zero attached hydrogens (tertiary/aromatic N) is 2. The van der Waals surface area contributed by atoms with Gasteiger partial charge in [-0.1, -0.05) is 24.3 Å². The molecule has 0 bridgehead atoms. The first-order valence-electron chi connectivity index (χ1n) is 6.77. The molecular weight excluding hydrogens is 252 g/mol. The zero-order valence-electron chi connectivity index (χ0n) is 11.5. The molecule has 20 heavy (non-hydrogen) atoms. The molecule has 1 aliphatic heterocycles. The number of hydrogen-bond donors (Lipinski definition) is 2. The summed E-state index contributed by atoms with van der Waals surface area (Å²) in [6, 6.07) is 8.12. The van der Waals surface area contributed by atoms with Crippen molar-refractivity contribution in [3.63, 3.8) is 0 Å². The van der Waals surface area contributed by atoms with Crippen LogP contribution in [0, 0.1) is 0 Å². The Morgan fingerprint density at radius 3 is 2.95 bits per heavy atom. The van der Waals surface area contributed by atoms with Gasteiger partial charge in [-0.15, -0.1) is 0 Å². The Bertz CT molecular complexity index is 594. The van der Waals surface area contributed by atoms with Gasteiger partial charge in [-0.25, -0.2) is 4.98 Å². The third kappa shape index (κ3) is 2.58. The highest BCUT2D eigenvalue weighted by atomic mass is 16.2. The average Bonchev–Trinajstić information content (AvgIpc) is 2.99. The van der Waals surface area contributed by atoms with Crippen molar-refractivity contribution in [2.45, 2.75) is 25.6 Å². The van der Waals surface area contributed by atoms with Crippen LogP contribution < -0.4 is 5.32 Å². The number of H-pyrrole nitrogens is 1. The van der Waals surface area contributed by atoms with Crippen molar-refractivity contribution in [3.05, 3.63) is 53.6 Å². The van der Waals surface area contributed by atoms with Gasteiger partial charge in [0, 0.05) is 26.0 Å². The molecule has 2 aromatic rings. The second-order valence-electron chi connectivity index (χ2n) is 5.14. The summed E-state index contributed by atoms with van der Waals surface area (Å²) in [6.45, 7) is 1.26. The van der Waals surface area contributed by atoms with Crippen LogP contribution in [-0.4, -0.2) is 33.9 Å². The lowest BCUT2D eigenvalue weighted by Crippen LogP contribution is -2.48. The molecular formula is C15H18N4O. The molecule has 0 unspecified atom stereocenters. The van der Waals surface area contributed by atoms with Crippen molar-refractivity contribution in [2.24, 2.45) is 0 Å². The maximum absolute atomic E-state index is 12.5. The molecule has 1 aromatic carbocycles. The lowest BCUT2D eigenvalue weighted by Gasteiger charge is -2.28. The number of fused-ring (bicyclic) bond motifs is 1. The first kappa shape index (κ1) is 12.9. The normalized spacial score (nSPS) is 17.6. The Morgan fingerprint density at radius 1 is 1.40 bits per heavy atom. The predicted molar refractivity (Wildman–Crippen MR) is 75.8 cm³/mol. The molecule has 2 N–H and O–H groups in total. The Morgan fingerprint density at radius 2 is 2.20 bits per heavy atom. The van der Waals surface area contributed by atoms with E-state index in [1.165, 1.54) is 11.1 Å². The first-order valence-corrected chi connectivity index (χ1v) is 6.77. The number of carbonyl (C=O) groups excluding carboxylic acids is 1. The number of likely N-dealkylation sites (N-methyl/N-ethyl adjacent to an activating group) is 1. The lowest BCUT2D eigenvalue weighted by molar-refractivity contribution is -0.133. The number of imidazole rings is 1. The number of rotatable bonds is 3. The van der Waals surface area contributed by atoms with Gasteiger partial charge in [-0.3, -0.25) is 4.79 Å². The predicted octanol–water partition coefficient (Wildman–Crippen LogP) is 1.08. The quantitative estimate of drug-likeness (QED) is 0.877. The summed E-state index contributed by atoms with van der Waals surface area (Å²) < 4.78 is 0. The number of carbonyl (C=O) groups is 1. The summed E-state index contributed by atoms with van der Waals surface area (Å²) in [6.07, 6.45) is 4.21. The molecule has 5 nitrogen and oxygen atoms in total. The zero-order valence-corrected chi connectivity index (χ0v) is 11.5. The molecule has 0 saturated carbocycles. The first-order chi connectivity index (χ1) is 9.74. The maximum atomic E-state index is 12.5. The molecule has 5 heteroatoms. The number of nitrogens with one attached hydrogen (secondary N) is 2. The Hall–Kier alpha value is -2.14. The fourth-order valence-corrected chi connectivity index (χ4v) is 2.58. The van der Waals surface area contributed by atoms with Gasteiger partial charge in [0.15, 0.2) is 0 Å². The van der Waals surface area contributed by atoms with Crippen LogP contribution in [0.5, 0.6) is 0 Å². The Balaban J connectivity index is 1.66. The van der Waals surface area contributed by atoms with Gasteiger partial charge in [0.1, 0.15) is 5.82 Å². The van der Waals surface area contributed by atoms with Gasteiger partial charge < -0.3 is 15.2 Å². The van der Waals surface area contributed by atoms with Crippen molar-refractivity contribution in [3.8, 4) is 0 Å².